The van der Waals surface area contributed by atoms with Gasteiger partial charge in [-0.15, -0.1) is 0 Å². The fourth-order valence-corrected chi connectivity index (χ4v) is 4.99. The molecule has 0 spiro atoms. The number of nitrogens with zero attached hydrogens (tertiary/aromatic N) is 7. The summed E-state index contributed by atoms with van der Waals surface area (Å²) in [6.45, 7) is 2.85. The van der Waals surface area contributed by atoms with E-state index in [0.29, 0.717) is 12.1 Å². The number of imidazole rings is 1. The van der Waals surface area contributed by atoms with Gasteiger partial charge in [-0.3, -0.25) is 14.3 Å². The summed E-state index contributed by atoms with van der Waals surface area (Å²) in [5.74, 6) is 1.00. The van der Waals surface area contributed by atoms with Crippen LogP contribution >= 0.6 is 0 Å². The molecule has 0 saturated carbocycles. The third-order valence-corrected chi connectivity index (χ3v) is 6.70. The number of aryl methyl sites for hydroxylation is 1. The van der Waals surface area contributed by atoms with Crippen molar-refractivity contribution in [3.05, 3.63) is 53.7 Å². The van der Waals surface area contributed by atoms with E-state index in [1.54, 1.807) is 0 Å². The molecule has 30 heavy (non-hydrogen) atoms. The van der Waals surface area contributed by atoms with Crippen molar-refractivity contribution in [3.8, 4) is 0 Å². The Balaban J connectivity index is 1.38. The average Bonchev–Trinajstić information content (AvgIpc) is 3.40. The first-order valence-electron chi connectivity index (χ1n) is 11.0. The van der Waals surface area contributed by atoms with E-state index in [-0.39, 0.29) is 0 Å². The molecule has 3 aromatic rings. The molecule has 158 valence electrons. The zero-order valence-corrected chi connectivity index (χ0v) is 18.2. The molecular weight excluding hydrogens is 374 g/mol. The van der Waals surface area contributed by atoms with Gasteiger partial charge in [0.05, 0.1) is 17.4 Å². The summed E-state index contributed by atoms with van der Waals surface area (Å²) in [4.78, 5) is 21.4. The fourth-order valence-electron chi connectivity index (χ4n) is 4.99. The Kier molecular flexibility index (Phi) is 5.16. The summed E-state index contributed by atoms with van der Waals surface area (Å²) in [6.07, 6.45) is 10.7. The van der Waals surface area contributed by atoms with E-state index < -0.39 is 0 Å². The van der Waals surface area contributed by atoms with Crippen LogP contribution in [0.1, 0.15) is 42.3 Å². The number of pyridine rings is 1. The first kappa shape index (κ1) is 19.5. The second kappa shape index (κ2) is 7.96. The monoisotopic (exact) mass is 405 g/mol. The van der Waals surface area contributed by atoms with Crippen LogP contribution in [0.15, 0.2) is 36.8 Å². The number of likely N-dealkylation sites (N-methyl/N-ethyl adjacent to an activating group) is 1. The lowest BCUT2D eigenvalue weighted by Crippen LogP contribution is -2.32. The molecule has 2 atom stereocenters. The minimum absolute atomic E-state index is 0.358. The van der Waals surface area contributed by atoms with E-state index >= 15 is 0 Å². The number of anilines is 1. The highest BCUT2D eigenvalue weighted by Crippen LogP contribution is 2.32. The highest BCUT2D eigenvalue weighted by molar-refractivity contribution is 5.48. The van der Waals surface area contributed by atoms with E-state index in [4.69, 9.17) is 15.0 Å². The maximum Gasteiger partial charge on any atom is 0.211 e. The molecule has 7 heteroatoms. The molecule has 1 saturated heterocycles. The van der Waals surface area contributed by atoms with E-state index in [0.717, 1.165) is 49.8 Å². The molecule has 1 fully saturated rings. The molecule has 2 unspecified atom stereocenters. The van der Waals surface area contributed by atoms with Gasteiger partial charge in [-0.1, -0.05) is 6.07 Å². The van der Waals surface area contributed by atoms with E-state index in [9.17, 15) is 0 Å². The van der Waals surface area contributed by atoms with Crippen LogP contribution in [-0.4, -0.2) is 69.4 Å². The molecule has 0 aromatic carbocycles. The second-order valence-corrected chi connectivity index (χ2v) is 8.93. The highest BCUT2D eigenvalue weighted by atomic mass is 15.3. The summed E-state index contributed by atoms with van der Waals surface area (Å²) in [7, 11) is 6.51. The van der Waals surface area contributed by atoms with Gasteiger partial charge >= 0.3 is 0 Å². The van der Waals surface area contributed by atoms with Crippen LogP contribution in [0.25, 0.3) is 5.65 Å². The number of aromatic nitrogens is 4. The van der Waals surface area contributed by atoms with Crippen LogP contribution in [0.3, 0.4) is 0 Å². The van der Waals surface area contributed by atoms with Crippen LogP contribution in [-0.2, 0) is 13.0 Å². The fraction of sp³-hybridized carbons (Fsp3) is 0.522. The van der Waals surface area contributed by atoms with Crippen LogP contribution in [0.2, 0.25) is 0 Å². The molecule has 2 aliphatic rings. The first-order valence-corrected chi connectivity index (χ1v) is 11.0. The largest absolute Gasteiger partial charge is 0.340 e. The molecule has 4 heterocycles. The smallest absolute Gasteiger partial charge is 0.211 e. The van der Waals surface area contributed by atoms with Gasteiger partial charge in [0.25, 0.3) is 0 Å². The highest BCUT2D eigenvalue weighted by Gasteiger charge is 2.28. The molecule has 0 amide bonds. The zero-order valence-electron chi connectivity index (χ0n) is 18.2. The maximum atomic E-state index is 4.91. The van der Waals surface area contributed by atoms with E-state index in [2.05, 4.69) is 58.6 Å². The van der Waals surface area contributed by atoms with E-state index in [1.807, 2.05) is 18.5 Å². The normalized spacial score (nSPS) is 21.7. The molecule has 0 bridgehead atoms. The van der Waals surface area contributed by atoms with Crippen LogP contribution < -0.4 is 4.90 Å². The summed E-state index contributed by atoms with van der Waals surface area (Å²) in [5.41, 5.74) is 4.69. The molecule has 0 N–H and O–H groups in total. The van der Waals surface area contributed by atoms with Crippen molar-refractivity contribution in [3.63, 3.8) is 0 Å². The lowest BCUT2D eigenvalue weighted by atomic mass is 9.91. The Bertz CT molecular complexity index is 1030. The lowest BCUT2D eigenvalue weighted by Gasteiger charge is -2.31. The minimum Gasteiger partial charge on any atom is -0.340 e. The third kappa shape index (κ3) is 3.56. The van der Waals surface area contributed by atoms with Crippen molar-refractivity contribution in [2.24, 2.45) is 0 Å². The van der Waals surface area contributed by atoms with E-state index in [1.165, 1.54) is 24.1 Å². The van der Waals surface area contributed by atoms with Crippen LogP contribution in [0.4, 0.5) is 5.95 Å². The predicted molar refractivity (Wildman–Crippen MR) is 119 cm³/mol. The Labute approximate surface area is 178 Å². The maximum absolute atomic E-state index is 4.91. The van der Waals surface area contributed by atoms with Gasteiger partial charge in [-0.2, -0.15) is 0 Å². The molecule has 3 aromatic heterocycles. The van der Waals surface area contributed by atoms with Crippen molar-refractivity contribution >= 4 is 11.6 Å². The lowest BCUT2D eigenvalue weighted by molar-refractivity contribution is 0.206. The quantitative estimate of drug-likeness (QED) is 0.651. The Morgan fingerprint density at radius 3 is 2.83 bits per heavy atom. The molecule has 1 aliphatic heterocycles. The Morgan fingerprint density at radius 1 is 1.10 bits per heavy atom. The predicted octanol–water partition coefficient (Wildman–Crippen LogP) is 2.77. The first-order chi connectivity index (χ1) is 14.6. The van der Waals surface area contributed by atoms with Gasteiger partial charge in [-0.05, 0) is 64.5 Å². The second-order valence-electron chi connectivity index (χ2n) is 8.93. The number of hydrogen-bond acceptors (Lipinski definition) is 6. The van der Waals surface area contributed by atoms with Crippen LogP contribution in [0, 0.1) is 0 Å². The van der Waals surface area contributed by atoms with Gasteiger partial charge in [0.1, 0.15) is 5.65 Å². The zero-order chi connectivity index (χ0) is 20.7. The van der Waals surface area contributed by atoms with Gasteiger partial charge in [0.2, 0.25) is 5.95 Å². The minimum atomic E-state index is 0.358. The summed E-state index contributed by atoms with van der Waals surface area (Å²) >= 11 is 0. The number of fused-ring (bicyclic) bond motifs is 2. The van der Waals surface area contributed by atoms with Crippen molar-refractivity contribution in [2.45, 2.75) is 44.3 Å². The number of hydrogen-bond donors (Lipinski definition) is 0. The Morgan fingerprint density at radius 2 is 2.00 bits per heavy atom. The third-order valence-electron chi connectivity index (χ3n) is 6.70. The van der Waals surface area contributed by atoms with Gasteiger partial charge in [-0.25, -0.2) is 9.97 Å². The van der Waals surface area contributed by atoms with Crippen LogP contribution in [0.5, 0.6) is 0 Å². The van der Waals surface area contributed by atoms with Crippen molar-refractivity contribution in [1.82, 2.24) is 29.2 Å². The molecular formula is C23H31N7. The molecule has 7 nitrogen and oxygen atoms in total. The van der Waals surface area contributed by atoms with Crippen molar-refractivity contribution < 1.29 is 0 Å². The number of rotatable bonds is 5. The summed E-state index contributed by atoms with van der Waals surface area (Å²) in [6, 6.07) is 7.22. The summed E-state index contributed by atoms with van der Waals surface area (Å²) in [5, 5.41) is 0. The van der Waals surface area contributed by atoms with Gasteiger partial charge in [0.15, 0.2) is 0 Å². The average molecular weight is 406 g/mol. The standard InChI is InChI=1S/C23H31N7/c1-27(2)19-10-13-29(16-19)23-25-12-9-21-26-18(15-30(21)23)14-28(3)20-8-4-6-17-7-5-11-24-22(17)20/h5,7,9,11-12,15,19-20H,4,6,8,10,13-14,16H2,1-3H3. The molecule has 5 rings (SSSR count). The molecule has 0 radical (unpaired) electrons. The van der Waals surface area contributed by atoms with Crippen molar-refractivity contribution in [2.75, 3.05) is 39.1 Å². The van der Waals surface area contributed by atoms with Gasteiger partial charge < -0.3 is 9.80 Å². The summed E-state index contributed by atoms with van der Waals surface area (Å²) < 4.78 is 2.16. The van der Waals surface area contributed by atoms with Crippen molar-refractivity contribution in [1.29, 1.82) is 0 Å². The topological polar surface area (TPSA) is 52.8 Å². The molecule has 1 aliphatic carbocycles. The van der Waals surface area contributed by atoms with Gasteiger partial charge in [0, 0.05) is 44.3 Å². The Hall–Kier alpha value is -2.51. The SMILES string of the molecule is CN(C)C1CCN(c2nccc3nc(CN(C)C4CCCc5cccnc54)cn23)C1.